The number of carbonyl (C=O) groups is 2. The van der Waals surface area contributed by atoms with Crippen LogP contribution in [0, 0.1) is 5.41 Å². The molecule has 2 rings (SSSR count). The first kappa shape index (κ1) is 23.2. The van der Waals surface area contributed by atoms with Crippen LogP contribution in [0.3, 0.4) is 0 Å². The Morgan fingerprint density at radius 1 is 1.21 bits per heavy atom. The second-order valence-electron chi connectivity index (χ2n) is 8.46. The molecule has 0 unspecified atom stereocenters. The summed E-state index contributed by atoms with van der Waals surface area (Å²) in [6.07, 6.45) is 16.6. The van der Waals surface area contributed by atoms with Gasteiger partial charge in [0, 0.05) is 5.57 Å². The lowest BCUT2D eigenvalue weighted by atomic mass is 9.67. The quantitative estimate of drug-likeness (QED) is 0.251. The van der Waals surface area contributed by atoms with Gasteiger partial charge in [-0.2, -0.15) is 0 Å². The van der Waals surface area contributed by atoms with Gasteiger partial charge in [0.05, 0.1) is 6.61 Å². The summed E-state index contributed by atoms with van der Waals surface area (Å²) in [5.74, 6) is -1.06. The Balaban J connectivity index is 2.02. The number of ketones is 1. The molecule has 0 aromatic heterocycles. The van der Waals surface area contributed by atoms with Crippen molar-refractivity contribution >= 4 is 11.8 Å². The summed E-state index contributed by atoms with van der Waals surface area (Å²) in [4.78, 5) is 25.0. The van der Waals surface area contributed by atoms with E-state index in [0.29, 0.717) is 25.0 Å². The van der Waals surface area contributed by atoms with Gasteiger partial charge in [0.15, 0.2) is 5.76 Å². The van der Waals surface area contributed by atoms with E-state index in [1.807, 2.05) is 0 Å². The summed E-state index contributed by atoms with van der Waals surface area (Å²) < 4.78 is 5.59. The summed E-state index contributed by atoms with van der Waals surface area (Å²) in [6.45, 7) is 6.72. The maximum absolute atomic E-state index is 13.0. The topological polar surface area (TPSA) is 63.6 Å². The number of fused-ring (bicyclic) bond motifs is 1. The molecule has 0 bridgehead atoms. The van der Waals surface area contributed by atoms with Crippen LogP contribution in [0.5, 0.6) is 0 Å². The molecule has 160 valence electrons. The molecule has 0 spiro atoms. The highest BCUT2D eigenvalue weighted by Crippen LogP contribution is 2.46. The smallest absolute Gasteiger partial charge is 0.320 e. The Bertz CT molecular complexity index is 719. The van der Waals surface area contributed by atoms with Gasteiger partial charge in [0.25, 0.3) is 0 Å². The lowest BCUT2D eigenvalue weighted by Crippen LogP contribution is -2.38. The molecule has 4 nitrogen and oxygen atoms in total. The molecule has 0 saturated carbocycles. The van der Waals surface area contributed by atoms with Gasteiger partial charge in [-0.05, 0) is 52.0 Å². The Morgan fingerprint density at radius 2 is 1.93 bits per heavy atom. The summed E-state index contributed by atoms with van der Waals surface area (Å²) in [7, 11) is 0. The molecular weight excluding hydrogens is 364 g/mol. The fourth-order valence-electron chi connectivity index (χ4n) is 3.98. The Morgan fingerprint density at radius 3 is 2.66 bits per heavy atom. The average molecular weight is 401 g/mol. The van der Waals surface area contributed by atoms with Crippen molar-refractivity contribution in [2.24, 2.45) is 5.41 Å². The number of aliphatic hydroxyl groups excluding tert-OH is 1. The van der Waals surface area contributed by atoms with Crippen molar-refractivity contribution in [2.75, 3.05) is 6.61 Å². The second kappa shape index (κ2) is 11.2. The van der Waals surface area contributed by atoms with Crippen molar-refractivity contribution in [3.63, 3.8) is 0 Å². The number of ether oxygens (including phenoxy) is 1. The van der Waals surface area contributed by atoms with Crippen molar-refractivity contribution < 1.29 is 19.4 Å². The first-order valence-corrected chi connectivity index (χ1v) is 11.1. The number of rotatable bonds is 11. The SMILES string of the molecule is CCCCCCCCOC(=O)[C@@]12C=CC(=O)C(O)=C1CC(CCC=C(C)C)=CC2. The second-order valence-corrected chi connectivity index (χ2v) is 8.46. The number of esters is 1. The van der Waals surface area contributed by atoms with Crippen LogP contribution >= 0.6 is 0 Å². The van der Waals surface area contributed by atoms with E-state index >= 15 is 0 Å². The minimum Gasteiger partial charge on any atom is -0.504 e. The highest BCUT2D eigenvalue weighted by molar-refractivity contribution is 6.06. The highest BCUT2D eigenvalue weighted by atomic mass is 16.5. The maximum Gasteiger partial charge on any atom is 0.320 e. The Kier molecular flexibility index (Phi) is 8.94. The van der Waals surface area contributed by atoms with E-state index in [0.717, 1.165) is 37.7 Å². The van der Waals surface area contributed by atoms with Crippen LogP contribution in [-0.4, -0.2) is 23.5 Å². The van der Waals surface area contributed by atoms with E-state index in [9.17, 15) is 14.7 Å². The standard InChI is InChI=1S/C25H36O4/c1-4-5-6-7-8-9-17-29-24(28)25-15-13-20(12-10-11-19(2)3)18-21(25)23(27)22(26)14-16-25/h11,13-14,16,27H,4-10,12,15,17-18H2,1-3H3/t25-/m0/s1. The molecule has 0 aliphatic heterocycles. The third-order valence-electron chi connectivity index (χ3n) is 5.81. The molecule has 29 heavy (non-hydrogen) atoms. The lowest BCUT2D eigenvalue weighted by Gasteiger charge is -2.36. The van der Waals surface area contributed by atoms with E-state index in [1.54, 1.807) is 6.08 Å². The van der Waals surface area contributed by atoms with Gasteiger partial charge in [-0.15, -0.1) is 0 Å². The van der Waals surface area contributed by atoms with Crippen LogP contribution in [0.15, 0.2) is 46.8 Å². The van der Waals surface area contributed by atoms with Crippen LogP contribution < -0.4 is 0 Å². The molecule has 0 amide bonds. The number of aliphatic hydroxyl groups is 1. The van der Waals surface area contributed by atoms with Gasteiger partial charge in [0.1, 0.15) is 5.41 Å². The lowest BCUT2D eigenvalue weighted by molar-refractivity contribution is -0.151. The zero-order valence-corrected chi connectivity index (χ0v) is 18.3. The predicted molar refractivity (Wildman–Crippen MR) is 117 cm³/mol. The fourth-order valence-corrected chi connectivity index (χ4v) is 3.98. The fraction of sp³-hybridized carbons (Fsp3) is 0.600. The molecule has 1 N–H and O–H groups in total. The minimum absolute atomic E-state index is 0.281. The molecule has 0 heterocycles. The van der Waals surface area contributed by atoms with Gasteiger partial charge in [-0.25, -0.2) is 0 Å². The van der Waals surface area contributed by atoms with Crippen LogP contribution in [0.4, 0.5) is 0 Å². The zero-order chi connectivity index (χ0) is 21.3. The van der Waals surface area contributed by atoms with Gasteiger partial charge < -0.3 is 9.84 Å². The normalized spacial score (nSPS) is 20.9. The summed E-state index contributed by atoms with van der Waals surface area (Å²) in [5.41, 5.74) is 1.91. The first-order valence-electron chi connectivity index (χ1n) is 11.1. The first-order chi connectivity index (χ1) is 13.9. The molecule has 0 fully saturated rings. The molecule has 2 aliphatic rings. The van der Waals surface area contributed by atoms with Crippen molar-refractivity contribution in [1.29, 1.82) is 0 Å². The minimum atomic E-state index is -1.03. The van der Waals surface area contributed by atoms with Gasteiger partial charge >= 0.3 is 5.97 Å². The van der Waals surface area contributed by atoms with Crippen molar-refractivity contribution in [1.82, 2.24) is 0 Å². The number of allylic oxidation sites excluding steroid dienone is 5. The van der Waals surface area contributed by atoms with Gasteiger partial charge in [-0.3, -0.25) is 9.59 Å². The van der Waals surface area contributed by atoms with Crippen LogP contribution in [0.1, 0.15) is 85.0 Å². The van der Waals surface area contributed by atoms with Crippen molar-refractivity contribution in [2.45, 2.75) is 85.0 Å². The largest absolute Gasteiger partial charge is 0.504 e. The van der Waals surface area contributed by atoms with Crippen molar-refractivity contribution in [3.8, 4) is 0 Å². The molecule has 0 saturated heterocycles. The molecule has 4 heteroatoms. The van der Waals surface area contributed by atoms with Crippen molar-refractivity contribution in [3.05, 3.63) is 46.8 Å². The van der Waals surface area contributed by atoms with Crippen LogP contribution in [-0.2, 0) is 14.3 Å². The van der Waals surface area contributed by atoms with E-state index in [4.69, 9.17) is 4.74 Å². The maximum atomic E-state index is 13.0. The van der Waals surface area contributed by atoms with Gasteiger partial charge in [0.2, 0.25) is 5.78 Å². The van der Waals surface area contributed by atoms with E-state index < -0.39 is 11.2 Å². The Hall–Kier alpha value is -2.10. The third-order valence-corrected chi connectivity index (χ3v) is 5.81. The Labute approximate surface area is 175 Å². The van der Waals surface area contributed by atoms with Crippen LogP contribution in [0.25, 0.3) is 0 Å². The molecule has 0 radical (unpaired) electrons. The monoisotopic (exact) mass is 400 g/mol. The number of unbranched alkanes of at least 4 members (excludes halogenated alkanes) is 5. The molecule has 2 aliphatic carbocycles. The molecular formula is C25H36O4. The predicted octanol–water partition coefficient (Wildman–Crippen LogP) is 6.29. The highest BCUT2D eigenvalue weighted by Gasteiger charge is 2.47. The summed E-state index contributed by atoms with van der Waals surface area (Å²) in [6, 6.07) is 0. The molecule has 1 atom stereocenters. The van der Waals surface area contributed by atoms with Crippen LogP contribution in [0.2, 0.25) is 0 Å². The van der Waals surface area contributed by atoms with Gasteiger partial charge in [-0.1, -0.05) is 68.4 Å². The average Bonchev–Trinajstić information content (AvgIpc) is 2.70. The zero-order valence-electron chi connectivity index (χ0n) is 18.3. The van der Waals surface area contributed by atoms with E-state index in [1.165, 1.54) is 30.9 Å². The summed E-state index contributed by atoms with van der Waals surface area (Å²) >= 11 is 0. The van der Waals surface area contributed by atoms with E-state index in [-0.39, 0.29) is 11.7 Å². The molecule has 0 aromatic carbocycles. The number of carbonyl (C=O) groups excluding carboxylic acids is 2. The van der Waals surface area contributed by atoms with E-state index in [2.05, 4.69) is 32.9 Å². The molecule has 0 aromatic rings. The number of hydrogen-bond donors (Lipinski definition) is 1. The third kappa shape index (κ3) is 6.19. The summed E-state index contributed by atoms with van der Waals surface area (Å²) in [5, 5.41) is 10.4. The number of hydrogen-bond acceptors (Lipinski definition) is 4.